The van der Waals surface area contributed by atoms with Crippen LogP contribution < -0.4 is 0 Å². The first-order valence-corrected chi connectivity index (χ1v) is 6.05. The number of hydrogen-bond acceptors (Lipinski definition) is 7. The molecule has 0 spiro atoms. The number of carbonyl (C=O) groups excluding carboxylic acids is 1. The van der Waals surface area contributed by atoms with Crippen LogP contribution in [0.2, 0.25) is 0 Å². The smallest absolute Gasteiger partial charge is 0.327 e. The fourth-order valence-corrected chi connectivity index (χ4v) is 2.03. The van der Waals surface area contributed by atoms with E-state index in [0.29, 0.717) is 10.7 Å². The molecule has 1 aromatic carbocycles. The van der Waals surface area contributed by atoms with E-state index in [1.54, 1.807) is 24.3 Å². The maximum Gasteiger partial charge on any atom is 0.327 e. The van der Waals surface area contributed by atoms with Crippen molar-refractivity contribution in [3.05, 3.63) is 29.8 Å². The highest BCUT2D eigenvalue weighted by molar-refractivity contribution is 7.99. The van der Waals surface area contributed by atoms with Crippen LogP contribution in [0.15, 0.2) is 34.3 Å². The molecule has 0 bridgehead atoms. The normalized spacial score (nSPS) is 9.89. The Morgan fingerprint density at radius 3 is 2.84 bits per heavy atom. The first-order chi connectivity index (χ1) is 9.22. The molecule has 2 aromatic rings. The Morgan fingerprint density at radius 2 is 2.21 bits per heavy atom. The summed E-state index contributed by atoms with van der Waals surface area (Å²) >= 11 is 1.30. The standard InChI is InChI=1S/C11H9N5O2S/c1-18-10(17)7-16-11(13-14-15-16)19-9-4-2-8(6-12)3-5-9/h2-5H,7H2,1H3. The van der Waals surface area contributed by atoms with E-state index in [1.807, 2.05) is 6.07 Å². The van der Waals surface area contributed by atoms with Crippen molar-refractivity contribution in [2.45, 2.75) is 16.6 Å². The van der Waals surface area contributed by atoms with Gasteiger partial charge in [0.25, 0.3) is 0 Å². The molecule has 8 heteroatoms. The number of methoxy groups -OCH3 is 1. The highest BCUT2D eigenvalue weighted by atomic mass is 32.2. The average molecular weight is 275 g/mol. The lowest BCUT2D eigenvalue weighted by Gasteiger charge is -2.02. The number of hydrogen-bond donors (Lipinski definition) is 0. The molecule has 0 atom stereocenters. The van der Waals surface area contributed by atoms with Crippen molar-refractivity contribution < 1.29 is 9.53 Å². The van der Waals surface area contributed by atoms with Crippen molar-refractivity contribution >= 4 is 17.7 Å². The van der Waals surface area contributed by atoms with E-state index >= 15 is 0 Å². The van der Waals surface area contributed by atoms with Gasteiger partial charge in [0, 0.05) is 4.90 Å². The number of carbonyl (C=O) groups is 1. The minimum atomic E-state index is -0.422. The molecule has 0 saturated heterocycles. The molecule has 7 nitrogen and oxygen atoms in total. The molecule has 0 fully saturated rings. The van der Waals surface area contributed by atoms with Crippen LogP contribution in [-0.4, -0.2) is 33.3 Å². The molecule has 19 heavy (non-hydrogen) atoms. The van der Waals surface area contributed by atoms with Gasteiger partial charge < -0.3 is 4.74 Å². The molecule has 0 aliphatic rings. The number of nitrogens with zero attached hydrogens (tertiary/aromatic N) is 5. The molecule has 1 aromatic heterocycles. The van der Waals surface area contributed by atoms with Crippen LogP contribution in [-0.2, 0) is 16.1 Å². The SMILES string of the molecule is COC(=O)Cn1nnnc1Sc1ccc(C#N)cc1. The van der Waals surface area contributed by atoms with Gasteiger partial charge in [0.15, 0.2) is 0 Å². The van der Waals surface area contributed by atoms with Gasteiger partial charge in [-0.05, 0) is 46.5 Å². The van der Waals surface area contributed by atoms with Crippen molar-refractivity contribution in [2.75, 3.05) is 7.11 Å². The van der Waals surface area contributed by atoms with Crippen LogP contribution in [0.25, 0.3) is 0 Å². The van der Waals surface area contributed by atoms with Crippen LogP contribution in [0.4, 0.5) is 0 Å². The summed E-state index contributed by atoms with van der Waals surface area (Å²) in [5, 5.41) is 20.3. The minimum absolute atomic E-state index is 0.0396. The van der Waals surface area contributed by atoms with Crippen molar-refractivity contribution in [1.29, 1.82) is 5.26 Å². The van der Waals surface area contributed by atoms with E-state index < -0.39 is 5.97 Å². The van der Waals surface area contributed by atoms with Gasteiger partial charge in [-0.15, -0.1) is 5.10 Å². The lowest BCUT2D eigenvalue weighted by Crippen LogP contribution is -2.13. The van der Waals surface area contributed by atoms with Crippen molar-refractivity contribution in [3.8, 4) is 6.07 Å². The maximum atomic E-state index is 11.2. The van der Waals surface area contributed by atoms with Gasteiger partial charge in [-0.2, -0.15) is 5.26 Å². The highest BCUT2D eigenvalue weighted by Gasteiger charge is 2.11. The van der Waals surface area contributed by atoms with E-state index in [4.69, 9.17) is 5.26 Å². The van der Waals surface area contributed by atoms with Crippen molar-refractivity contribution in [2.24, 2.45) is 0 Å². The molecule has 0 unspecified atom stereocenters. The third kappa shape index (κ3) is 3.29. The third-order valence-electron chi connectivity index (χ3n) is 2.20. The Morgan fingerprint density at radius 1 is 1.47 bits per heavy atom. The zero-order valence-electron chi connectivity index (χ0n) is 9.98. The molecular formula is C11H9N5O2S. The van der Waals surface area contributed by atoms with E-state index in [-0.39, 0.29) is 6.54 Å². The number of ether oxygens (including phenoxy) is 1. The predicted molar refractivity (Wildman–Crippen MR) is 65.1 cm³/mol. The van der Waals surface area contributed by atoms with E-state index in [9.17, 15) is 4.79 Å². The Labute approximate surface area is 113 Å². The molecule has 0 radical (unpaired) electrons. The zero-order valence-corrected chi connectivity index (χ0v) is 10.8. The lowest BCUT2D eigenvalue weighted by molar-refractivity contribution is -0.141. The predicted octanol–water partition coefficient (Wildman–Crippen LogP) is 0.869. The Hall–Kier alpha value is -2.40. The third-order valence-corrected chi connectivity index (χ3v) is 3.18. The van der Waals surface area contributed by atoms with Crippen LogP contribution in [0.5, 0.6) is 0 Å². The van der Waals surface area contributed by atoms with E-state index in [0.717, 1.165) is 4.90 Å². The largest absolute Gasteiger partial charge is 0.468 e. The first-order valence-electron chi connectivity index (χ1n) is 5.24. The summed E-state index contributed by atoms with van der Waals surface area (Å²) in [6.45, 7) is -0.0396. The van der Waals surface area contributed by atoms with Crippen LogP contribution in [0.3, 0.4) is 0 Å². The van der Waals surface area contributed by atoms with Gasteiger partial charge in [-0.3, -0.25) is 4.79 Å². The molecule has 0 aliphatic heterocycles. The molecule has 0 aliphatic carbocycles. The fraction of sp³-hybridized carbons (Fsp3) is 0.182. The zero-order chi connectivity index (χ0) is 13.7. The Kier molecular flexibility index (Phi) is 4.10. The second-order valence-electron chi connectivity index (χ2n) is 3.43. The Balaban J connectivity index is 2.12. The monoisotopic (exact) mass is 275 g/mol. The van der Waals surface area contributed by atoms with Gasteiger partial charge >= 0.3 is 5.97 Å². The molecule has 0 N–H and O–H groups in total. The molecular weight excluding hydrogens is 266 g/mol. The number of benzene rings is 1. The summed E-state index contributed by atoms with van der Waals surface area (Å²) in [6.07, 6.45) is 0. The summed E-state index contributed by atoms with van der Waals surface area (Å²) in [5.74, 6) is -0.422. The first kappa shape index (κ1) is 13.0. The second kappa shape index (κ2) is 5.97. The quantitative estimate of drug-likeness (QED) is 0.764. The average Bonchev–Trinajstić information content (AvgIpc) is 2.86. The molecule has 96 valence electrons. The minimum Gasteiger partial charge on any atom is -0.468 e. The Bertz CT molecular complexity index is 617. The summed E-state index contributed by atoms with van der Waals surface area (Å²) < 4.78 is 5.91. The van der Waals surface area contributed by atoms with Gasteiger partial charge in [-0.25, -0.2) is 4.68 Å². The van der Waals surface area contributed by atoms with Gasteiger partial charge in [-0.1, -0.05) is 0 Å². The fourth-order valence-electron chi connectivity index (χ4n) is 1.26. The topological polar surface area (TPSA) is 93.7 Å². The second-order valence-corrected chi connectivity index (χ2v) is 4.47. The number of aromatic nitrogens is 4. The summed E-state index contributed by atoms with van der Waals surface area (Å²) in [6, 6.07) is 9.04. The maximum absolute atomic E-state index is 11.2. The molecule has 0 amide bonds. The number of esters is 1. The number of rotatable bonds is 4. The van der Waals surface area contributed by atoms with Crippen LogP contribution in [0, 0.1) is 11.3 Å². The summed E-state index contributed by atoms with van der Waals surface area (Å²) in [5.41, 5.74) is 0.582. The van der Waals surface area contributed by atoms with Crippen molar-refractivity contribution in [3.63, 3.8) is 0 Å². The van der Waals surface area contributed by atoms with Crippen LogP contribution in [0.1, 0.15) is 5.56 Å². The summed E-state index contributed by atoms with van der Waals surface area (Å²) in [7, 11) is 1.31. The van der Waals surface area contributed by atoms with Gasteiger partial charge in [0.1, 0.15) is 6.54 Å². The molecule has 2 rings (SSSR count). The van der Waals surface area contributed by atoms with E-state index in [2.05, 4.69) is 20.3 Å². The number of tetrazole rings is 1. The van der Waals surface area contributed by atoms with Gasteiger partial charge in [0.05, 0.1) is 18.7 Å². The lowest BCUT2D eigenvalue weighted by atomic mass is 10.2. The molecule has 0 saturated carbocycles. The number of nitriles is 1. The highest BCUT2D eigenvalue weighted by Crippen LogP contribution is 2.25. The summed E-state index contributed by atoms with van der Waals surface area (Å²) in [4.78, 5) is 12.1. The van der Waals surface area contributed by atoms with Crippen LogP contribution >= 0.6 is 11.8 Å². The van der Waals surface area contributed by atoms with Gasteiger partial charge in [0.2, 0.25) is 5.16 Å². The van der Waals surface area contributed by atoms with Crippen molar-refractivity contribution in [1.82, 2.24) is 20.2 Å². The molecule has 1 heterocycles. The van der Waals surface area contributed by atoms with E-state index in [1.165, 1.54) is 23.6 Å².